The zero-order valence-electron chi connectivity index (χ0n) is 21.3. The van der Waals surface area contributed by atoms with Gasteiger partial charge in [0.1, 0.15) is 11.2 Å². The van der Waals surface area contributed by atoms with E-state index < -0.39 is 12.2 Å². The van der Waals surface area contributed by atoms with Crippen molar-refractivity contribution in [3.8, 4) is 22.5 Å². The van der Waals surface area contributed by atoms with E-state index in [1.807, 2.05) is 48.5 Å². The third-order valence-electron chi connectivity index (χ3n) is 4.96. The number of rotatable bonds is 6. The normalized spacial score (nSPS) is 10.2. The van der Waals surface area contributed by atoms with Gasteiger partial charge in [0.15, 0.2) is 0 Å². The molecule has 0 saturated heterocycles. The van der Waals surface area contributed by atoms with Crippen molar-refractivity contribution in [3.05, 3.63) is 60.3 Å². The van der Waals surface area contributed by atoms with Crippen molar-refractivity contribution < 1.29 is 70.2 Å². The molecule has 0 aliphatic heterocycles. The number of hydrogen-bond acceptors (Lipinski definition) is 9. The molecule has 5 rings (SSSR count). The molecule has 2 unspecified atom stereocenters. The molecule has 0 bridgehead atoms. The summed E-state index contributed by atoms with van der Waals surface area (Å²) in [4.78, 5) is 54.3. The zero-order valence-corrected chi connectivity index (χ0v) is 26.1. The molecule has 17 heteroatoms. The van der Waals surface area contributed by atoms with E-state index in [0.29, 0.717) is 11.1 Å². The van der Waals surface area contributed by atoms with Crippen LogP contribution in [0.3, 0.4) is 0 Å². The van der Waals surface area contributed by atoms with Crippen molar-refractivity contribution in [1.29, 1.82) is 0 Å². The fourth-order valence-electron chi connectivity index (χ4n) is 3.27. The molecule has 3 aromatic heterocycles. The summed E-state index contributed by atoms with van der Waals surface area (Å²) in [5, 5.41) is 2.03. The van der Waals surface area contributed by atoms with E-state index in [0.717, 1.165) is 58.7 Å². The fourth-order valence-corrected chi connectivity index (χ4v) is 4.12. The number of H-pyrrole nitrogens is 2. The van der Waals surface area contributed by atoms with Crippen LogP contribution in [-0.2, 0) is 56.2 Å². The second-order valence-corrected chi connectivity index (χ2v) is 9.11. The SMILES string of the molecule is COC([NH-])=O.COC([NH-])=O.O=[C-]Pc1ncc(-c2ccc3c(c2)oc2cc(-c4cnc(P[C-]=O)[nH]4)ccc23)[nH]1.[V+2].[V+2]. The summed E-state index contributed by atoms with van der Waals surface area (Å²) in [5.41, 5.74) is 18.2. The van der Waals surface area contributed by atoms with Crippen LogP contribution in [0.2, 0.25) is 0 Å². The molecule has 2 amide bonds. The number of furan rings is 1. The van der Waals surface area contributed by atoms with Crippen LogP contribution in [0.15, 0.2) is 53.2 Å². The Hall–Kier alpha value is -3.43. The van der Waals surface area contributed by atoms with Gasteiger partial charge in [-0.05, 0) is 24.3 Å². The first-order valence-corrected chi connectivity index (χ1v) is 12.7. The van der Waals surface area contributed by atoms with Gasteiger partial charge < -0.3 is 44.9 Å². The Balaban J connectivity index is 0.000000609. The van der Waals surface area contributed by atoms with Gasteiger partial charge in [-0.2, -0.15) is 17.2 Å². The number of imidazole rings is 2. The Morgan fingerprint density at radius 1 is 0.780 bits per heavy atom. The molecule has 4 N–H and O–H groups in total. The summed E-state index contributed by atoms with van der Waals surface area (Å²) < 4.78 is 13.7. The Morgan fingerprint density at radius 3 is 1.46 bits per heavy atom. The minimum absolute atomic E-state index is 0. The molecule has 5 aromatic rings. The maximum absolute atomic E-state index is 10.5. The van der Waals surface area contributed by atoms with E-state index in [9.17, 15) is 19.2 Å². The molecule has 0 saturated carbocycles. The molecule has 0 aliphatic rings. The summed E-state index contributed by atoms with van der Waals surface area (Å²) >= 11 is 0. The summed E-state index contributed by atoms with van der Waals surface area (Å²) in [7, 11) is 2.10. The average Bonchev–Trinajstić information content (AvgIpc) is 3.67. The number of amides is 2. The molecular formula is C24H20N6O7P2V2. The van der Waals surface area contributed by atoms with E-state index >= 15 is 0 Å². The minimum Gasteiger partial charge on any atom is -0.632 e. The van der Waals surface area contributed by atoms with Gasteiger partial charge in [-0.25, -0.2) is 22.0 Å². The predicted octanol–water partition coefficient (Wildman–Crippen LogP) is 4.71. The molecule has 0 spiro atoms. The Bertz CT molecular complexity index is 1510. The van der Waals surface area contributed by atoms with Gasteiger partial charge in [0.25, 0.3) is 0 Å². The smallest absolute Gasteiger partial charge is 0.632 e. The Morgan fingerprint density at radius 2 is 1.15 bits per heavy atom. The molecule has 3 heterocycles. The van der Waals surface area contributed by atoms with Gasteiger partial charge in [0.2, 0.25) is 12.2 Å². The number of carbonyl (C=O) groups is 2. The third kappa shape index (κ3) is 9.86. The van der Waals surface area contributed by atoms with Crippen LogP contribution >= 0.6 is 17.2 Å². The quantitative estimate of drug-likeness (QED) is 0.190. The van der Waals surface area contributed by atoms with E-state index in [4.69, 9.17) is 15.9 Å². The van der Waals surface area contributed by atoms with Crippen LogP contribution in [0.5, 0.6) is 0 Å². The Kier molecular flexibility index (Phi) is 15.1. The van der Waals surface area contributed by atoms with Crippen molar-refractivity contribution in [2.24, 2.45) is 0 Å². The van der Waals surface area contributed by atoms with Crippen molar-refractivity contribution in [1.82, 2.24) is 19.9 Å². The van der Waals surface area contributed by atoms with Crippen LogP contribution in [0.4, 0.5) is 9.59 Å². The number of nitrogens with one attached hydrogen (secondary N) is 4. The number of carbonyl (C=O) groups excluding carboxylic acids is 4. The molecule has 2 atom stereocenters. The third-order valence-corrected chi connectivity index (χ3v) is 6.14. The monoisotopic (exact) mass is 668 g/mol. The van der Waals surface area contributed by atoms with Crippen LogP contribution in [0.1, 0.15) is 0 Å². The number of fused-ring (bicyclic) bond motifs is 3. The van der Waals surface area contributed by atoms with Crippen LogP contribution in [0, 0.1) is 0 Å². The number of nitrogens with zero attached hydrogens (tertiary/aromatic N) is 2. The van der Waals surface area contributed by atoms with Gasteiger partial charge in [-0.15, -0.1) is 0 Å². The van der Waals surface area contributed by atoms with E-state index in [2.05, 4.69) is 29.4 Å². The van der Waals surface area contributed by atoms with Crippen molar-refractivity contribution >= 4 is 74.5 Å². The zero-order chi connectivity index (χ0) is 28.4. The van der Waals surface area contributed by atoms with Gasteiger partial charge in [-0.3, -0.25) is 9.59 Å². The molecule has 2 aromatic carbocycles. The summed E-state index contributed by atoms with van der Waals surface area (Å²) in [6.07, 6.45) is 1.42. The van der Waals surface area contributed by atoms with Crippen LogP contribution in [0.25, 0.3) is 55.9 Å². The second-order valence-electron chi connectivity index (χ2n) is 7.25. The molecule has 0 fully saturated rings. The number of hydrogen-bond donors (Lipinski definition) is 2. The number of benzene rings is 2. The topological polar surface area (TPSA) is 205 Å². The average molecular weight is 668 g/mol. The standard InChI is InChI=1S/C20H12N4O3P2.2C2H5NO2.2V/c25-9-28-19-21-7-15(23-19)11-1-3-13-14-4-2-12(6-18(14)27-17(13)5-11)16-8-22-20(24-16)29-10-26;2*1-5-2(3)4;;/h1-8,28-29H,(H,21,23)(H,22,24);2*1H3,(H2,3,4);;/q-2;;;2*+2/p-2. The molecule has 41 heavy (non-hydrogen) atoms. The van der Waals surface area contributed by atoms with Crippen molar-refractivity contribution in [3.63, 3.8) is 0 Å². The number of methoxy groups -OCH3 is 2. The fraction of sp³-hybridized carbons (Fsp3) is 0.0833. The summed E-state index contributed by atoms with van der Waals surface area (Å²) in [6.45, 7) is 0. The van der Waals surface area contributed by atoms with Crippen LogP contribution < -0.4 is 11.1 Å². The first kappa shape index (κ1) is 35.6. The number of aromatic amines is 2. The molecule has 0 aliphatic carbocycles. The minimum atomic E-state index is -0.995. The van der Waals surface area contributed by atoms with Gasteiger partial charge in [0, 0.05) is 21.9 Å². The van der Waals surface area contributed by atoms with E-state index in [1.54, 1.807) is 12.4 Å². The van der Waals surface area contributed by atoms with Crippen molar-refractivity contribution in [2.75, 3.05) is 14.2 Å². The number of ether oxygens (including phenoxy) is 2. The molecule has 13 nitrogen and oxygen atoms in total. The molecule has 208 valence electrons. The maximum atomic E-state index is 10.5. The second kappa shape index (κ2) is 17.4. The van der Waals surface area contributed by atoms with Gasteiger partial charge >= 0.3 is 37.1 Å². The van der Waals surface area contributed by atoms with Gasteiger partial charge in [-0.1, -0.05) is 12.1 Å². The summed E-state index contributed by atoms with van der Waals surface area (Å²) in [6, 6.07) is 15.7. The van der Waals surface area contributed by atoms with E-state index in [1.165, 1.54) is 0 Å². The molecular weight excluding hydrogens is 648 g/mol. The van der Waals surface area contributed by atoms with Crippen molar-refractivity contribution in [2.45, 2.75) is 0 Å². The summed E-state index contributed by atoms with van der Waals surface area (Å²) in [5.74, 6) is 0. The number of aromatic nitrogens is 4. The first-order valence-electron chi connectivity index (χ1n) is 10.7. The van der Waals surface area contributed by atoms with Crippen LogP contribution in [-0.4, -0.2) is 58.4 Å². The first-order chi connectivity index (χ1) is 18.8. The Labute approximate surface area is 260 Å². The van der Waals surface area contributed by atoms with E-state index in [-0.39, 0.29) is 54.3 Å². The maximum Gasteiger partial charge on any atom is 2.00 e. The predicted molar refractivity (Wildman–Crippen MR) is 150 cm³/mol. The largest absolute Gasteiger partial charge is 2.00 e. The molecule has 2 radical (unpaired) electrons. The van der Waals surface area contributed by atoms with Gasteiger partial charge in [0.05, 0.1) is 49.1 Å².